The molecule has 2 fully saturated rings. The number of thiazole rings is 2. The summed E-state index contributed by atoms with van der Waals surface area (Å²) in [4.78, 5) is 17.0. The van der Waals surface area contributed by atoms with Crippen LogP contribution in [-0.2, 0) is 0 Å². The van der Waals surface area contributed by atoms with Gasteiger partial charge >= 0.3 is 0 Å². The van der Waals surface area contributed by atoms with Crippen LogP contribution >= 0.6 is 84.5 Å². The van der Waals surface area contributed by atoms with Gasteiger partial charge in [-0.1, -0.05) is 96.0 Å². The monoisotopic (exact) mass is 878 g/mol. The lowest BCUT2D eigenvalue weighted by molar-refractivity contribution is 0.328. The summed E-state index contributed by atoms with van der Waals surface area (Å²) < 4.78 is 8.04. The van der Waals surface area contributed by atoms with Crippen molar-refractivity contribution in [2.24, 2.45) is 11.8 Å². The summed E-state index contributed by atoms with van der Waals surface area (Å²) in [6.45, 7) is 4.54. The zero-order valence-electron chi connectivity index (χ0n) is 30.9. The van der Waals surface area contributed by atoms with E-state index in [4.69, 9.17) is 44.5 Å². The number of nitrogens with zero attached hydrogens (tertiary/aromatic N) is 4. The van der Waals surface area contributed by atoms with Crippen molar-refractivity contribution in [3.8, 4) is 17.2 Å². The lowest BCUT2D eigenvalue weighted by Gasteiger charge is -2.28. The van der Waals surface area contributed by atoms with E-state index >= 15 is 0 Å². The van der Waals surface area contributed by atoms with Gasteiger partial charge < -0.3 is 20.5 Å². The highest BCUT2D eigenvalue weighted by molar-refractivity contribution is 7.59. The second-order valence-electron chi connectivity index (χ2n) is 13.7. The first-order chi connectivity index (χ1) is 25.7. The summed E-state index contributed by atoms with van der Waals surface area (Å²) >= 11 is 20.2. The summed E-state index contributed by atoms with van der Waals surface area (Å²) in [7, 11) is 0. The molecule has 0 unspecified atom stereocenters. The van der Waals surface area contributed by atoms with Crippen LogP contribution in [0.25, 0.3) is 20.4 Å². The number of phenols is 1. The molecule has 6 aromatic rings. The zero-order valence-corrected chi connectivity index (χ0v) is 36.8. The minimum Gasteiger partial charge on any atom is -0.508 e. The number of fused-ring (bicyclic) bond motifs is 2. The van der Waals surface area contributed by atoms with E-state index in [0.717, 1.165) is 48.3 Å². The second kappa shape index (κ2) is 22.3. The molecule has 2 atom stereocenters. The van der Waals surface area contributed by atoms with Crippen molar-refractivity contribution in [3.05, 3.63) is 88.4 Å². The molecule has 2 saturated carbocycles. The SMILES string of the molecule is C[C@H](Nc1nc2ccc(O)cc2s1)C1CCCCC1.C[C@H](Nc1nc2ccc(Oc3ccnc(Cl)c3)cc2s1)C1CCCCC1.Clc1ccnc(Cl)c1.S.S. The van der Waals surface area contributed by atoms with Crippen LogP contribution in [0.5, 0.6) is 17.2 Å². The van der Waals surface area contributed by atoms with Crippen LogP contribution in [0.1, 0.15) is 78.1 Å². The first kappa shape index (κ1) is 45.0. The van der Waals surface area contributed by atoms with E-state index in [1.807, 2.05) is 24.3 Å². The quantitative estimate of drug-likeness (QED) is 0.130. The minimum absolute atomic E-state index is 0. The molecule has 0 saturated heterocycles. The molecule has 0 amide bonds. The molecule has 2 aliphatic rings. The molecule has 2 aromatic carbocycles. The Labute approximate surface area is 360 Å². The van der Waals surface area contributed by atoms with Crippen molar-refractivity contribution in [3.63, 3.8) is 0 Å². The van der Waals surface area contributed by atoms with Crippen molar-refractivity contribution >= 4 is 115 Å². The molecular formula is C40H49Cl3N6O2S4. The second-order valence-corrected chi connectivity index (χ2v) is 17.0. The lowest BCUT2D eigenvalue weighted by Crippen LogP contribution is -2.27. The number of halogens is 3. The Morgan fingerprint density at radius 3 is 1.64 bits per heavy atom. The van der Waals surface area contributed by atoms with Gasteiger partial charge in [0.25, 0.3) is 0 Å². The molecule has 0 radical (unpaired) electrons. The number of aromatic hydroxyl groups is 1. The number of rotatable bonds is 8. The number of hydrogen-bond donors (Lipinski definition) is 3. The summed E-state index contributed by atoms with van der Waals surface area (Å²) in [5.74, 6) is 3.29. The average Bonchev–Trinajstić information content (AvgIpc) is 3.75. The fraction of sp³-hybridized carbons (Fsp3) is 0.400. The number of anilines is 2. The van der Waals surface area contributed by atoms with Crippen LogP contribution in [0.3, 0.4) is 0 Å². The molecule has 15 heteroatoms. The van der Waals surface area contributed by atoms with Gasteiger partial charge in [0.2, 0.25) is 0 Å². The highest BCUT2D eigenvalue weighted by atomic mass is 35.5. The number of hydrogen-bond acceptors (Lipinski definition) is 10. The largest absolute Gasteiger partial charge is 0.508 e. The fourth-order valence-corrected chi connectivity index (χ4v) is 9.40. The summed E-state index contributed by atoms with van der Waals surface area (Å²) in [5, 5.41) is 20.1. The van der Waals surface area contributed by atoms with E-state index in [9.17, 15) is 5.11 Å². The van der Waals surface area contributed by atoms with Gasteiger partial charge in [-0.2, -0.15) is 27.0 Å². The smallest absolute Gasteiger partial charge is 0.184 e. The van der Waals surface area contributed by atoms with Crippen molar-refractivity contribution in [1.29, 1.82) is 0 Å². The van der Waals surface area contributed by atoms with Crippen molar-refractivity contribution < 1.29 is 9.84 Å². The van der Waals surface area contributed by atoms with Crippen molar-refractivity contribution in [2.45, 2.75) is 90.1 Å². The predicted molar refractivity (Wildman–Crippen MR) is 245 cm³/mol. The number of aromatic nitrogens is 4. The normalized spacial score (nSPS) is 15.6. The van der Waals surface area contributed by atoms with Gasteiger partial charge in [0.05, 0.1) is 20.4 Å². The number of pyridine rings is 2. The van der Waals surface area contributed by atoms with Crippen LogP contribution in [0.4, 0.5) is 10.3 Å². The maximum absolute atomic E-state index is 9.48. The molecule has 296 valence electrons. The van der Waals surface area contributed by atoms with E-state index in [2.05, 4.69) is 39.4 Å². The Hall–Kier alpha value is -2.71. The Bertz CT molecular complexity index is 2060. The van der Waals surface area contributed by atoms with Crippen LogP contribution in [0.15, 0.2) is 73.1 Å². The highest BCUT2D eigenvalue weighted by Crippen LogP contribution is 2.35. The lowest BCUT2D eigenvalue weighted by atomic mass is 9.85. The maximum Gasteiger partial charge on any atom is 0.184 e. The van der Waals surface area contributed by atoms with Crippen molar-refractivity contribution in [2.75, 3.05) is 10.6 Å². The molecule has 0 aliphatic heterocycles. The molecule has 55 heavy (non-hydrogen) atoms. The average molecular weight is 880 g/mol. The number of benzene rings is 2. The molecule has 4 heterocycles. The van der Waals surface area contributed by atoms with E-state index in [1.165, 1.54) is 64.2 Å². The molecule has 4 aromatic heterocycles. The zero-order chi connectivity index (χ0) is 37.2. The van der Waals surface area contributed by atoms with Crippen molar-refractivity contribution in [1.82, 2.24) is 19.9 Å². The Morgan fingerprint density at radius 2 is 1.13 bits per heavy atom. The maximum atomic E-state index is 9.48. The Morgan fingerprint density at radius 1 is 0.636 bits per heavy atom. The molecule has 2 aliphatic carbocycles. The number of phenolic OH excluding ortho intramolecular Hbond substituents is 1. The summed E-state index contributed by atoms with van der Waals surface area (Å²) in [6, 6.07) is 19.0. The van der Waals surface area contributed by atoms with E-state index in [0.29, 0.717) is 38.9 Å². The van der Waals surface area contributed by atoms with E-state index in [1.54, 1.807) is 71.5 Å². The Balaban J connectivity index is 0.000000203. The first-order valence-corrected chi connectivity index (χ1v) is 21.0. The van der Waals surface area contributed by atoms with E-state index in [-0.39, 0.29) is 27.0 Å². The van der Waals surface area contributed by atoms with E-state index < -0.39 is 0 Å². The van der Waals surface area contributed by atoms with Gasteiger partial charge in [0.15, 0.2) is 10.3 Å². The van der Waals surface area contributed by atoms with Gasteiger partial charge in [0.1, 0.15) is 27.6 Å². The minimum atomic E-state index is 0. The molecule has 0 bridgehead atoms. The standard InChI is InChI=1S/C20H22ClN3OS.C15H20N2OS.C5H3Cl2N.2H2S/c1-13(14-5-3-2-4-6-14)23-20-24-17-8-7-15(11-18(17)26-20)25-16-9-10-22-19(21)12-16;1-10(11-5-3-2-4-6-11)16-15-17-13-8-7-12(18)9-14(13)19-15;6-4-1-2-8-5(7)3-4;;/h7-14H,2-6H2,1H3,(H,23,24);7-11,18H,2-6H2,1H3,(H,16,17);1-3H;2*1H2/t13-;10-;;;/m00.../s1. The van der Waals surface area contributed by atoms with Gasteiger partial charge in [-0.3, -0.25) is 0 Å². The first-order valence-electron chi connectivity index (χ1n) is 18.3. The number of nitrogens with one attached hydrogen (secondary N) is 2. The molecule has 3 N–H and O–H groups in total. The third-order valence-electron chi connectivity index (χ3n) is 9.77. The van der Waals surface area contributed by atoms with Gasteiger partial charge in [-0.05, 0) is 99.9 Å². The van der Waals surface area contributed by atoms with Gasteiger partial charge in [-0.15, -0.1) is 0 Å². The van der Waals surface area contributed by atoms with Crippen LogP contribution in [0, 0.1) is 11.8 Å². The third-order valence-corrected chi connectivity index (χ3v) is 12.3. The van der Waals surface area contributed by atoms with Crippen LogP contribution in [-0.4, -0.2) is 37.1 Å². The van der Waals surface area contributed by atoms with Gasteiger partial charge in [0, 0.05) is 41.6 Å². The van der Waals surface area contributed by atoms with Gasteiger partial charge in [-0.25, -0.2) is 19.9 Å². The molecule has 0 spiro atoms. The van der Waals surface area contributed by atoms with Crippen LogP contribution < -0.4 is 15.4 Å². The molecular weight excluding hydrogens is 831 g/mol. The Kier molecular flexibility index (Phi) is 18.2. The molecule has 8 rings (SSSR count). The van der Waals surface area contributed by atoms with Crippen LogP contribution in [0.2, 0.25) is 15.3 Å². The fourth-order valence-electron chi connectivity index (χ4n) is 6.86. The topological polar surface area (TPSA) is 105 Å². The predicted octanol–water partition coefficient (Wildman–Crippen LogP) is 13.5. The number of ether oxygens (including phenoxy) is 1. The third kappa shape index (κ3) is 13.7. The summed E-state index contributed by atoms with van der Waals surface area (Å²) in [6.07, 6.45) is 16.7. The summed E-state index contributed by atoms with van der Waals surface area (Å²) in [5.41, 5.74) is 1.95. The highest BCUT2D eigenvalue weighted by Gasteiger charge is 2.22. The molecule has 8 nitrogen and oxygen atoms in total.